The number of rotatable bonds is 8. The summed E-state index contributed by atoms with van der Waals surface area (Å²) in [7, 11) is 4.29. The minimum absolute atomic E-state index is 0.105. The van der Waals surface area contributed by atoms with Crippen LogP contribution in [-0.2, 0) is 11.3 Å². The van der Waals surface area contributed by atoms with Crippen LogP contribution in [0.3, 0.4) is 0 Å². The number of piperidine rings is 1. The smallest absolute Gasteiger partial charge is 0.225 e. The Morgan fingerprint density at radius 3 is 2.55 bits per heavy atom. The van der Waals surface area contributed by atoms with Crippen molar-refractivity contribution in [3.8, 4) is 0 Å². The van der Waals surface area contributed by atoms with Crippen LogP contribution < -0.4 is 5.32 Å². The highest BCUT2D eigenvalue weighted by Crippen LogP contribution is 2.31. The third-order valence-electron chi connectivity index (χ3n) is 6.72. The lowest BCUT2D eigenvalue weighted by Crippen LogP contribution is -2.36. The van der Waals surface area contributed by atoms with Crippen molar-refractivity contribution in [1.82, 2.24) is 14.4 Å². The molecule has 5 heteroatoms. The molecular weight excluding hydrogens is 384 g/mol. The number of aryl methyl sites for hydroxylation is 1. The number of amides is 1. The van der Waals surface area contributed by atoms with E-state index in [9.17, 15) is 4.79 Å². The molecule has 1 saturated heterocycles. The molecule has 0 atom stereocenters. The van der Waals surface area contributed by atoms with Gasteiger partial charge in [0.05, 0.1) is 0 Å². The maximum Gasteiger partial charge on any atom is 0.225 e. The van der Waals surface area contributed by atoms with Crippen LogP contribution in [0, 0.1) is 5.92 Å². The number of carbonyl (C=O) groups excluding carboxylic acids is 1. The Hall–Kier alpha value is -2.37. The lowest BCUT2D eigenvalue weighted by atomic mass is 9.93. The van der Waals surface area contributed by atoms with Gasteiger partial charge in [0.2, 0.25) is 5.91 Å². The van der Waals surface area contributed by atoms with E-state index in [1.54, 1.807) is 0 Å². The molecule has 1 fully saturated rings. The summed E-state index contributed by atoms with van der Waals surface area (Å²) in [6, 6.07) is 14.8. The van der Waals surface area contributed by atoms with Crippen LogP contribution in [0.4, 0.5) is 5.69 Å². The van der Waals surface area contributed by atoms with E-state index < -0.39 is 0 Å². The lowest BCUT2D eigenvalue weighted by Gasteiger charge is -2.32. The molecule has 0 unspecified atom stereocenters. The highest BCUT2D eigenvalue weighted by molar-refractivity contribution is 6.09. The van der Waals surface area contributed by atoms with Gasteiger partial charge in [0, 0.05) is 47.0 Å². The highest BCUT2D eigenvalue weighted by atomic mass is 16.1. The second kappa shape index (κ2) is 9.84. The molecule has 1 aliphatic rings. The number of carbonyl (C=O) groups is 1. The van der Waals surface area contributed by atoms with Crippen LogP contribution in [0.5, 0.6) is 0 Å². The Kier molecular flexibility index (Phi) is 6.93. The van der Waals surface area contributed by atoms with E-state index in [1.807, 2.05) is 6.07 Å². The number of anilines is 1. The van der Waals surface area contributed by atoms with E-state index in [0.717, 1.165) is 37.8 Å². The summed E-state index contributed by atoms with van der Waals surface area (Å²) in [5.74, 6) is 0.942. The van der Waals surface area contributed by atoms with Crippen molar-refractivity contribution < 1.29 is 4.79 Å². The molecule has 1 amide bonds. The molecule has 1 aliphatic heterocycles. The summed E-state index contributed by atoms with van der Waals surface area (Å²) >= 11 is 0. The quantitative estimate of drug-likeness (QED) is 0.569. The van der Waals surface area contributed by atoms with E-state index in [2.05, 4.69) is 77.1 Å². The molecule has 1 N–H and O–H groups in total. The van der Waals surface area contributed by atoms with Gasteiger partial charge in [-0.2, -0.15) is 0 Å². The highest BCUT2D eigenvalue weighted by Gasteiger charge is 2.19. The summed E-state index contributed by atoms with van der Waals surface area (Å²) in [6.45, 7) is 7.37. The van der Waals surface area contributed by atoms with Crippen LogP contribution >= 0.6 is 0 Å². The van der Waals surface area contributed by atoms with E-state index in [1.165, 1.54) is 47.6 Å². The maximum atomic E-state index is 12.6. The summed E-state index contributed by atoms with van der Waals surface area (Å²) in [5, 5.41) is 5.57. The zero-order valence-corrected chi connectivity index (χ0v) is 19.2. The van der Waals surface area contributed by atoms with E-state index in [-0.39, 0.29) is 5.91 Å². The predicted molar refractivity (Wildman–Crippen MR) is 131 cm³/mol. The molecule has 4 rings (SSSR count). The van der Waals surface area contributed by atoms with Gasteiger partial charge >= 0.3 is 0 Å². The van der Waals surface area contributed by atoms with Crippen LogP contribution in [0.1, 0.15) is 32.6 Å². The molecule has 0 bridgehead atoms. The average molecular weight is 421 g/mol. The zero-order valence-electron chi connectivity index (χ0n) is 19.2. The lowest BCUT2D eigenvalue weighted by molar-refractivity contribution is -0.116. The van der Waals surface area contributed by atoms with Crippen molar-refractivity contribution in [2.24, 2.45) is 5.92 Å². The first kappa shape index (κ1) is 21.8. The molecule has 31 heavy (non-hydrogen) atoms. The number of para-hydroxylation sites is 1. The molecule has 0 saturated carbocycles. The first-order valence-corrected chi connectivity index (χ1v) is 11.7. The summed E-state index contributed by atoms with van der Waals surface area (Å²) in [5.41, 5.74) is 3.36. The Morgan fingerprint density at radius 2 is 1.81 bits per heavy atom. The minimum atomic E-state index is 0.105. The Balaban J connectivity index is 1.33. The molecule has 0 radical (unpaired) electrons. The van der Waals surface area contributed by atoms with Gasteiger partial charge in [0.25, 0.3) is 0 Å². The van der Waals surface area contributed by atoms with Gasteiger partial charge in [-0.05, 0) is 90.1 Å². The van der Waals surface area contributed by atoms with Gasteiger partial charge in [-0.25, -0.2) is 0 Å². The number of fused-ring (bicyclic) bond motifs is 3. The number of hydrogen-bond donors (Lipinski definition) is 1. The number of likely N-dealkylation sites (tertiary alicyclic amines) is 1. The monoisotopic (exact) mass is 420 g/mol. The molecule has 3 aromatic rings. The van der Waals surface area contributed by atoms with Crippen molar-refractivity contribution in [1.29, 1.82) is 0 Å². The molecule has 166 valence electrons. The average Bonchev–Trinajstić information content (AvgIpc) is 3.10. The fourth-order valence-corrected chi connectivity index (χ4v) is 4.89. The number of nitrogens with one attached hydrogen (secondary N) is 1. The topological polar surface area (TPSA) is 40.5 Å². The van der Waals surface area contributed by atoms with Crippen LogP contribution in [-0.4, -0.2) is 60.5 Å². The summed E-state index contributed by atoms with van der Waals surface area (Å²) in [4.78, 5) is 17.3. The van der Waals surface area contributed by atoms with Crippen molar-refractivity contribution in [2.75, 3.05) is 45.6 Å². The van der Waals surface area contributed by atoms with Gasteiger partial charge in [-0.3, -0.25) is 4.79 Å². The van der Waals surface area contributed by atoms with Crippen LogP contribution in [0.15, 0.2) is 42.5 Å². The Labute approximate surface area is 186 Å². The first-order chi connectivity index (χ1) is 15.0. The molecule has 2 heterocycles. The van der Waals surface area contributed by atoms with E-state index in [4.69, 9.17) is 0 Å². The molecule has 5 nitrogen and oxygen atoms in total. The SMILES string of the molecule is CCn1c2ccccc2c2cc(NC(=O)CCN3CCC(CCN(C)C)CC3)ccc21. The number of hydrogen-bond acceptors (Lipinski definition) is 3. The molecule has 1 aromatic heterocycles. The van der Waals surface area contributed by atoms with Crippen molar-refractivity contribution in [3.05, 3.63) is 42.5 Å². The second-order valence-electron chi connectivity index (χ2n) is 9.17. The summed E-state index contributed by atoms with van der Waals surface area (Å²) in [6.07, 6.45) is 4.36. The zero-order chi connectivity index (χ0) is 21.8. The van der Waals surface area contributed by atoms with Gasteiger partial charge in [0.15, 0.2) is 0 Å². The maximum absolute atomic E-state index is 12.6. The predicted octanol–water partition coefficient (Wildman–Crippen LogP) is 4.81. The van der Waals surface area contributed by atoms with Crippen molar-refractivity contribution in [2.45, 2.75) is 39.2 Å². The van der Waals surface area contributed by atoms with Gasteiger partial charge < -0.3 is 19.7 Å². The molecule has 0 aliphatic carbocycles. The Bertz CT molecular complexity index is 1030. The first-order valence-electron chi connectivity index (χ1n) is 11.7. The fourth-order valence-electron chi connectivity index (χ4n) is 4.89. The van der Waals surface area contributed by atoms with Crippen LogP contribution in [0.2, 0.25) is 0 Å². The number of aromatic nitrogens is 1. The standard InChI is InChI=1S/C26H36N4O/c1-4-30-24-8-6-5-7-22(24)23-19-21(9-10-25(23)30)27-26(31)14-18-29-16-12-20(13-17-29)11-15-28(2)3/h5-10,19-20H,4,11-18H2,1-3H3,(H,27,31). The third-order valence-corrected chi connectivity index (χ3v) is 6.72. The largest absolute Gasteiger partial charge is 0.341 e. The minimum Gasteiger partial charge on any atom is -0.341 e. The molecule has 0 spiro atoms. The number of benzene rings is 2. The molecular formula is C26H36N4O. The molecule has 2 aromatic carbocycles. The third kappa shape index (κ3) is 5.10. The van der Waals surface area contributed by atoms with Crippen molar-refractivity contribution in [3.63, 3.8) is 0 Å². The van der Waals surface area contributed by atoms with Gasteiger partial charge in [-0.1, -0.05) is 18.2 Å². The van der Waals surface area contributed by atoms with E-state index in [0.29, 0.717) is 6.42 Å². The van der Waals surface area contributed by atoms with Crippen LogP contribution in [0.25, 0.3) is 21.8 Å². The Morgan fingerprint density at radius 1 is 1.06 bits per heavy atom. The van der Waals surface area contributed by atoms with Crippen molar-refractivity contribution >= 4 is 33.4 Å². The normalized spacial score (nSPS) is 15.9. The second-order valence-corrected chi connectivity index (χ2v) is 9.17. The fraction of sp³-hybridized carbons (Fsp3) is 0.500. The summed E-state index contributed by atoms with van der Waals surface area (Å²) < 4.78 is 2.33. The van der Waals surface area contributed by atoms with E-state index >= 15 is 0 Å². The van der Waals surface area contributed by atoms with Gasteiger partial charge in [-0.15, -0.1) is 0 Å². The van der Waals surface area contributed by atoms with Gasteiger partial charge in [0.1, 0.15) is 0 Å². The number of nitrogens with zero attached hydrogens (tertiary/aromatic N) is 3.